The summed E-state index contributed by atoms with van der Waals surface area (Å²) in [5.41, 5.74) is 2.59. The molecule has 4 heteroatoms. The molecule has 1 fully saturated rings. The highest BCUT2D eigenvalue weighted by Gasteiger charge is 2.10. The van der Waals surface area contributed by atoms with Crippen LogP contribution in [0.3, 0.4) is 0 Å². The van der Waals surface area contributed by atoms with Gasteiger partial charge in [0.05, 0.1) is 7.11 Å². The van der Waals surface area contributed by atoms with Gasteiger partial charge in [-0.25, -0.2) is 0 Å². The molecular weight excluding hydrogens is 236 g/mol. The summed E-state index contributed by atoms with van der Waals surface area (Å²) in [6, 6.07) is 6.45. The number of hydrogen-bond donors (Lipinski definition) is 1. The Bertz CT molecular complexity index is 351. The molecule has 0 amide bonds. The number of nitrogens with one attached hydrogen (secondary N) is 1. The average molecular weight is 257 g/mol. The molecule has 1 N–H and O–H groups in total. The van der Waals surface area contributed by atoms with Gasteiger partial charge in [-0.05, 0) is 24.1 Å². The van der Waals surface area contributed by atoms with E-state index in [2.05, 4.69) is 35.3 Å². The molecule has 0 radical (unpaired) electrons. The molecule has 3 nitrogen and oxygen atoms in total. The molecule has 0 aliphatic carbocycles. The first-order chi connectivity index (χ1) is 7.79. The van der Waals surface area contributed by atoms with Gasteiger partial charge in [0.15, 0.2) is 0 Å². The molecule has 1 aromatic carbocycles. The van der Waals surface area contributed by atoms with E-state index in [1.807, 2.05) is 0 Å². The number of methoxy groups -OCH3 is 1. The third-order valence-corrected chi connectivity index (χ3v) is 3.08. The van der Waals surface area contributed by atoms with E-state index in [0.29, 0.717) is 0 Å². The molecule has 17 heavy (non-hydrogen) atoms. The maximum Gasteiger partial charge on any atom is 0.121 e. The first-order valence-electron chi connectivity index (χ1n) is 5.86. The van der Waals surface area contributed by atoms with Crippen molar-refractivity contribution < 1.29 is 4.74 Å². The molecule has 0 saturated carbocycles. The largest absolute Gasteiger partial charge is 0.496 e. The van der Waals surface area contributed by atoms with E-state index in [0.717, 1.165) is 38.5 Å². The van der Waals surface area contributed by atoms with Crippen LogP contribution in [0.4, 0.5) is 0 Å². The van der Waals surface area contributed by atoms with Crippen LogP contribution in [0, 0.1) is 6.92 Å². The lowest BCUT2D eigenvalue weighted by Gasteiger charge is -2.27. The van der Waals surface area contributed by atoms with Crippen molar-refractivity contribution in [3.63, 3.8) is 0 Å². The van der Waals surface area contributed by atoms with Crippen molar-refractivity contribution in [1.82, 2.24) is 10.2 Å². The van der Waals surface area contributed by atoms with Crippen LogP contribution in [0.5, 0.6) is 5.75 Å². The van der Waals surface area contributed by atoms with Crippen molar-refractivity contribution in [3.05, 3.63) is 29.3 Å². The summed E-state index contributed by atoms with van der Waals surface area (Å²) < 4.78 is 5.27. The van der Waals surface area contributed by atoms with Gasteiger partial charge in [-0.3, -0.25) is 4.90 Å². The highest BCUT2D eigenvalue weighted by Crippen LogP contribution is 2.19. The van der Waals surface area contributed by atoms with Gasteiger partial charge in [-0.2, -0.15) is 0 Å². The zero-order chi connectivity index (χ0) is 11.4. The highest BCUT2D eigenvalue weighted by molar-refractivity contribution is 5.85. The molecular formula is C13H21ClN2O. The molecule has 0 bridgehead atoms. The molecule has 1 heterocycles. The number of nitrogens with zero attached hydrogens (tertiary/aromatic N) is 1. The smallest absolute Gasteiger partial charge is 0.121 e. The first kappa shape index (κ1) is 14.3. The summed E-state index contributed by atoms with van der Waals surface area (Å²) in [6.45, 7) is 7.65. The maximum absolute atomic E-state index is 5.27. The number of piperazine rings is 1. The zero-order valence-electron chi connectivity index (χ0n) is 10.5. The van der Waals surface area contributed by atoms with Gasteiger partial charge in [0.25, 0.3) is 0 Å². The summed E-state index contributed by atoms with van der Waals surface area (Å²) in [5.74, 6) is 0.976. The lowest BCUT2D eigenvalue weighted by molar-refractivity contribution is 0.233. The Balaban J connectivity index is 0.00000144. The average Bonchev–Trinajstić information content (AvgIpc) is 2.31. The summed E-state index contributed by atoms with van der Waals surface area (Å²) in [6.07, 6.45) is 0. The van der Waals surface area contributed by atoms with Crippen LogP contribution in [0.25, 0.3) is 0 Å². The maximum atomic E-state index is 5.27. The van der Waals surface area contributed by atoms with Gasteiger partial charge in [-0.1, -0.05) is 12.1 Å². The molecule has 1 saturated heterocycles. The summed E-state index contributed by atoms with van der Waals surface area (Å²) in [5, 5.41) is 3.37. The molecule has 0 spiro atoms. The number of halogens is 1. The Labute approximate surface area is 110 Å². The number of ether oxygens (including phenoxy) is 1. The van der Waals surface area contributed by atoms with Crippen molar-refractivity contribution in [2.75, 3.05) is 33.3 Å². The SMILES string of the molecule is COc1ccc(CN2CCNCC2)cc1C.Cl. The molecule has 0 atom stereocenters. The van der Waals surface area contributed by atoms with E-state index in [1.165, 1.54) is 11.1 Å². The molecule has 1 aliphatic heterocycles. The topological polar surface area (TPSA) is 24.5 Å². The number of rotatable bonds is 3. The predicted octanol–water partition coefficient (Wildman–Crippen LogP) is 1.83. The monoisotopic (exact) mass is 256 g/mol. The van der Waals surface area contributed by atoms with Crippen molar-refractivity contribution in [3.8, 4) is 5.75 Å². The van der Waals surface area contributed by atoms with E-state index < -0.39 is 0 Å². The van der Waals surface area contributed by atoms with E-state index >= 15 is 0 Å². The third kappa shape index (κ3) is 3.87. The molecule has 1 aromatic rings. The van der Waals surface area contributed by atoms with Crippen LogP contribution in [-0.2, 0) is 6.54 Å². The number of hydrogen-bond acceptors (Lipinski definition) is 3. The Morgan fingerprint density at radius 1 is 1.29 bits per heavy atom. The van der Waals surface area contributed by atoms with Gasteiger partial charge < -0.3 is 10.1 Å². The second-order valence-electron chi connectivity index (χ2n) is 4.33. The van der Waals surface area contributed by atoms with Crippen molar-refractivity contribution in [1.29, 1.82) is 0 Å². The van der Waals surface area contributed by atoms with Crippen LogP contribution >= 0.6 is 12.4 Å². The van der Waals surface area contributed by atoms with Crippen LogP contribution in [-0.4, -0.2) is 38.2 Å². The fourth-order valence-electron chi connectivity index (χ4n) is 2.17. The summed E-state index contributed by atoms with van der Waals surface area (Å²) in [4.78, 5) is 2.48. The normalized spacial score (nSPS) is 16.4. The summed E-state index contributed by atoms with van der Waals surface area (Å²) in [7, 11) is 1.72. The lowest BCUT2D eigenvalue weighted by Crippen LogP contribution is -2.42. The fraction of sp³-hybridized carbons (Fsp3) is 0.538. The molecule has 0 unspecified atom stereocenters. The Kier molecular flexibility index (Phi) is 5.75. The molecule has 1 aliphatic rings. The molecule has 0 aromatic heterocycles. The summed E-state index contributed by atoms with van der Waals surface area (Å²) >= 11 is 0. The minimum absolute atomic E-state index is 0. The molecule has 96 valence electrons. The Hall–Kier alpha value is -0.770. The fourth-order valence-corrected chi connectivity index (χ4v) is 2.17. The van der Waals surface area contributed by atoms with Crippen LogP contribution in [0.15, 0.2) is 18.2 Å². The number of aryl methyl sites for hydroxylation is 1. The second kappa shape index (κ2) is 6.84. The van der Waals surface area contributed by atoms with Gasteiger partial charge in [0, 0.05) is 32.7 Å². The van der Waals surface area contributed by atoms with Gasteiger partial charge in [-0.15, -0.1) is 12.4 Å². The van der Waals surface area contributed by atoms with Gasteiger partial charge >= 0.3 is 0 Å². The Morgan fingerprint density at radius 2 is 2.00 bits per heavy atom. The van der Waals surface area contributed by atoms with E-state index in [4.69, 9.17) is 4.74 Å². The quantitative estimate of drug-likeness (QED) is 0.893. The van der Waals surface area contributed by atoms with Crippen LogP contribution in [0.1, 0.15) is 11.1 Å². The van der Waals surface area contributed by atoms with Crippen molar-refractivity contribution >= 4 is 12.4 Å². The minimum atomic E-state index is 0. The number of benzene rings is 1. The van der Waals surface area contributed by atoms with E-state index in [-0.39, 0.29) is 12.4 Å². The van der Waals surface area contributed by atoms with Crippen molar-refractivity contribution in [2.24, 2.45) is 0 Å². The lowest BCUT2D eigenvalue weighted by atomic mass is 10.1. The predicted molar refractivity (Wildman–Crippen MR) is 73.1 cm³/mol. The van der Waals surface area contributed by atoms with E-state index in [1.54, 1.807) is 7.11 Å². The molecule has 2 rings (SSSR count). The first-order valence-corrected chi connectivity index (χ1v) is 5.86. The van der Waals surface area contributed by atoms with Gasteiger partial charge in [0.2, 0.25) is 0 Å². The minimum Gasteiger partial charge on any atom is -0.496 e. The second-order valence-corrected chi connectivity index (χ2v) is 4.33. The highest BCUT2D eigenvalue weighted by atomic mass is 35.5. The van der Waals surface area contributed by atoms with Crippen LogP contribution < -0.4 is 10.1 Å². The van der Waals surface area contributed by atoms with E-state index in [9.17, 15) is 0 Å². The van der Waals surface area contributed by atoms with Crippen LogP contribution in [0.2, 0.25) is 0 Å². The third-order valence-electron chi connectivity index (χ3n) is 3.08. The van der Waals surface area contributed by atoms with Gasteiger partial charge in [0.1, 0.15) is 5.75 Å². The zero-order valence-corrected chi connectivity index (χ0v) is 11.3. The van der Waals surface area contributed by atoms with Crippen molar-refractivity contribution in [2.45, 2.75) is 13.5 Å². The Morgan fingerprint density at radius 3 is 2.59 bits per heavy atom. The standard InChI is InChI=1S/C13H20N2O.ClH/c1-11-9-12(3-4-13(11)16-2)10-15-7-5-14-6-8-15;/h3-4,9,14H,5-8,10H2,1-2H3;1H.